The van der Waals surface area contributed by atoms with Gasteiger partial charge in [-0.1, -0.05) is 39.3 Å². The highest BCUT2D eigenvalue weighted by molar-refractivity contribution is 7.90. The molecular formula is C42H60F3N7O7SSi2. The standard InChI is InChI=1S/C42H60F3N7O7SSi2/c1-56-41(57-2)29-11-14-49(15-12-29)42-47-23-31(24-48-42)30-21-33-34(26-50(40(33)46-22-30)27-58-17-19-61(3,4)5)39(53)37-35(44)9-10-36(38(37)45)52(28-59-18-20-62(6,7)8)60(54,55)51-16-13-32(43)25-51/h9-10,21-24,26,29,32,41H,11-20,25,27-28H2,1-8H3. The van der Waals surface area contributed by atoms with E-state index in [9.17, 15) is 17.6 Å². The van der Waals surface area contributed by atoms with Gasteiger partial charge < -0.3 is 28.4 Å². The summed E-state index contributed by atoms with van der Waals surface area (Å²) < 4.78 is 101. The van der Waals surface area contributed by atoms with Gasteiger partial charge in [0.15, 0.2) is 12.1 Å². The molecule has 2 saturated heterocycles. The molecule has 0 N–H and O–H groups in total. The lowest BCUT2D eigenvalue weighted by Crippen LogP contribution is -2.45. The summed E-state index contributed by atoms with van der Waals surface area (Å²) in [5.74, 6) is -2.81. The summed E-state index contributed by atoms with van der Waals surface area (Å²) in [6, 6.07) is 5.08. The molecule has 6 rings (SSSR count). The number of ketones is 1. The minimum atomic E-state index is -4.57. The second kappa shape index (κ2) is 20.0. The zero-order valence-corrected chi connectivity index (χ0v) is 39.8. The summed E-state index contributed by atoms with van der Waals surface area (Å²) in [6.07, 6.45) is 6.38. The van der Waals surface area contributed by atoms with Crippen molar-refractivity contribution in [3.63, 3.8) is 0 Å². The van der Waals surface area contributed by atoms with Crippen LogP contribution < -0.4 is 9.21 Å². The van der Waals surface area contributed by atoms with Gasteiger partial charge in [-0.05, 0) is 49.5 Å². The van der Waals surface area contributed by atoms with E-state index in [1.165, 1.54) is 6.20 Å². The first-order valence-corrected chi connectivity index (χ1v) is 29.8. The van der Waals surface area contributed by atoms with E-state index in [1.807, 2.05) is 0 Å². The Kier molecular flexibility index (Phi) is 15.4. The van der Waals surface area contributed by atoms with Crippen molar-refractivity contribution in [2.24, 2.45) is 5.92 Å². The number of pyridine rings is 1. The molecule has 0 saturated carbocycles. The Labute approximate surface area is 364 Å². The van der Waals surface area contributed by atoms with Crippen LogP contribution in [0.15, 0.2) is 43.0 Å². The Morgan fingerprint density at radius 1 is 0.887 bits per heavy atom. The number of alkyl halides is 1. The second-order valence-corrected chi connectivity index (χ2v) is 31.5. The fraction of sp³-hybridized carbons (Fsp3) is 0.571. The molecule has 2 aliphatic heterocycles. The van der Waals surface area contributed by atoms with E-state index >= 15 is 8.78 Å². The fourth-order valence-corrected chi connectivity index (χ4v) is 10.6. The van der Waals surface area contributed by atoms with Gasteiger partial charge in [0.05, 0.1) is 16.8 Å². The predicted octanol–water partition coefficient (Wildman–Crippen LogP) is 7.56. The number of fused-ring (bicyclic) bond motifs is 1. The van der Waals surface area contributed by atoms with Crippen LogP contribution in [-0.2, 0) is 35.9 Å². The Balaban J connectivity index is 1.35. The van der Waals surface area contributed by atoms with Crippen molar-refractivity contribution < 1.29 is 45.3 Å². The molecule has 340 valence electrons. The maximum absolute atomic E-state index is 16.9. The van der Waals surface area contributed by atoms with E-state index in [2.05, 4.69) is 54.1 Å². The number of nitrogens with zero attached hydrogens (tertiary/aromatic N) is 7. The summed E-state index contributed by atoms with van der Waals surface area (Å²) in [5.41, 5.74) is -0.150. The number of anilines is 2. The number of methoxy groups -OCH3 is 2. The zero-order valence-electron chi connectivity index (χ0n) is 37.0. The number of rotatable bonds is 20. The lowest BCUT2D eigenvalue weighted by atomic mass is 9.96. The molecule has 5 heterocycles. The van der Waals surface area contributed by atoms with E-state index < -0.39 is 74.5 Å². The van der Waals surface area contributed by atoms with Crippen LogP contribution in [-0.4, -0.2) is 127 Å². The van der Waals surface area contributed by atoms with Crippen molar-refractivity contribution in [1.29, 1.82) is 0 Å². The Hall–Kier alpha value is -3.77. The number of hydrogen-bond donors (Lipinski definition) is 0. The number of benzene rings is 1. The van der Waals surface area contributed by atoms with E-state index in [0.29, 0.717) is 39.7 Å². The fourth-order valence-electron chi connectivity index (χ4n) is 7.54. The first-order valence-electron chi connectivity index (χ1n) is 21.0. The molecule has 1 unspecified atom stereocenters. The summed E-state index contributed by atoms with van der Waals surface area (Å²) >= 11 is 0. The third-order valence-electron chi connectivity index (χ3n) is 11.3. The summed E-state index contributed by atoms with van der Waals surface area (Å²) in [5, 5.41) is 0.285. The molecule has 0 radical (unpaired) electrons. The molecule has 62 heavy (non-hydrogen) atoms. The highest BCUT2D eigenvalue weighted by Crippen LogP contribution is 2.34. The Bertz CT molecular complexity index is 2280. The molecular weight excluding hydrogens is 860 g/mol. The topological polar surface area (TPSA) is 141 Å². The van der Waals surface area contributed by atoms with Gasteiger partial charge in [-0.2, -0.15) is 12.7 Å². The maximum Gasteiger partial charge on any atom is 0.306 e. The van der Waals surface area contributed by atoms with Crippen molar-refractivity contribution in [3.05, 3.63) is 65.7 Å². The molecule has 0 aliphatic carbocycles. The van der Waals surface area contributed by atoms with Crippen LogP contribution in [0.5, 0.6) is 0 Å². The van der Waals surface area contributed by atoms with Gasteiger partial charge in [0, 0.05) is 117 Å². The van der Waals surface area contributed by atoms with Gasteiger partial charge in [0.2, 0.25) is 11.7 Å². The molecule has 1 atom stereocenters. The van der Waals surface area contributed by atoms with E-state index in [1.54, 1.807) is 43.4 Å². The van der Waals surface area contributed by atoms with Crippen LogP contribution >= 0.6 is 0 Å². The number of carbonyl (C=O) groups excluding carboxylic acids is 1. The predicted molar refractivity (Wildman–Crippen MR) is 239 cm³/mol. The van der Waals surface area contributed by atoms with E-state index in [-0.39, 0.29) is 49.5 Å². The molecule has 0 spiro atoms. The SMILES string of the molecule is COC(OC)C1CCN(c2ncc(-c3cnc4c(c3)c(C(=O)c3c(F)ccc(N(COCC[Si](C)(C)C)S(=O)(=O)N5CCC(F)C5)c3F)cn4COCC[Si](C)(C)C)cn2)CC1. The van der Waals surface area contributed by atoms with Crippen LogP contribution in [0.25, 0.3) is 22.2 Å². The van der Waals surface area contributed by atoms with Crippen LogP contribution in [0.4, 0.5) is 24.8 Å². The summed E-state index contributed by atoms with van der Waals surface area (Å²) in [6.45, 7) is 14.0. The molecule has 0 amide bonds. The Morgan fingerprint density at radius 2 is 1.52 bits per heavy atom. The van der Waals surface area contributed by atoms with Crippen LogP contribution in [0, 0.1) is 17.6 Å². The van der Waals surface area contributed by atoms with Crippen molar-refractivity contribution >= 4 is 54.8 Å². The molecule has 4 aromatic rings. The average Bonchev–Trinajstić information content (AvgIpc) is 3.83. The second-order valence-electron chi connectivity index (χ2n) is 18.4. The first kappa shape index (κ1) is 47.7. The number of ether oxygens (including phenoxy) is 4. The molecule has 0 bridgehead atoms. The molecule has 3 aromatic heterocycles. The minimum absolute atomic E-state index is 0.0157. The van der Waals surface area contributed by atoms with Crippen LogP contribution in [0.1, 0.15) is 35.2 Å². The van der Waals surface area contributed by atoms with Gasteiger partial charge in [-0.3, -0.25) is 4.79 Å². The largest absolute Gasteiger partial charge is 0.361 e. The van der Waals surface area contributed by atoms with Crippen molar-refractivity contribution in [3.8, 4) is 11.1 Å². The summed E-state index contributed by atoms with van der Waals surface area (Å²) in [7, 11) is -4.34. The third-order valence-corrected chi connectivity index (χ3v) is 16.6. The number of carbonyl (C=O) groups is 1. The van der Waals surface area contributed by atoms with Gasteiger partial charge in [-0.25, -0.2) is 32.4 Å². The Morgan fingerprint density at radius 3 is 2.11 bits per heavy atom. The quantitative estimate of drug-likeness (QED) is 0.0376. The lowest BCUT2D eigenvalue weighted by molar-refractivity contribution is -0.141. The number of aromatic nitrogens is 4. The number of piperidine rings is 1. The molecule has 20 heteroatoms. The number of halogens is 3. The highest BCUT2D eigenvalue weighted by atomic mass is 32.2. The van der Waals surface area contributed by atoms with Crippen molar-refractivity contribution in [1.82, 2.24) is 23.8 Å². The van der Waals surface area contributed by atoms with Crippen molar-refractivity contribution in [2.45, 2.75) is 89.8 Å². The van der Waals surface area contributed by atoms with E-state index in [4.69, 9.17) is 23.9 Å². The number of hydrogen-bond acceptors (Lipinski definition) is 11. The molecule has 1 aromatic carbocycles. The van der Waals surface area contributed by atoms with Crippen LogP contribution in [0.2, 0.25) is 51.4 Å². The summed E-state index contributed by atoms with van der Waals surface area (Å²) in [4.78, 5) is 30.6. The third kappa shape index (κ3) is 11.3. The van der Waals surface area contributed by atoms with E-state index in [0.717, 1.165) is 48.4 Å². The highest BCUT2D eigenvalue weighted by Gasteiger charge is 2.39. The smallest absolute Gasteiger partial charge is 0.306 e. The zero-order chi connectivity index (χ0) is 45.0. The molecule has 2 fully saturated rings. The first-order chi connectivity index (χ1) is 29.3. The molecule has 14 nitrogen and oxygen atoms in total. The van der Waals surface area contributed by atoms with Gasteiger partial charge in [0.25, 0.3) is 0 Å². The average molecular weight is 920 g/mol. The van der Waals surface area contributed by atoms with Crippen LogP contribution in [0.3, 0.4) is 0 Å². The maximum atomic E-state index is 16.9. The lowest BCUT2D eigenvalue weighted by Gasteiger charge is -2.34. The van der Waals surface area contributed by atoms with Gasteiger partial charge >= 0.3 is 10.2 Å². The van der Waals surface area contributed by atoms with Gasteiger partial charge in [0.1, 0.15) is 31.1 Å². The minimum Gasteiger partial charge on any atom is -0.361 e. The monoisotopic (exact) mass is 919 g/mol. The van der Waals surface area contributed by atoms with Crippen molar-refractivity contribution in [2.75, 3.05) is 69.5 Å². The normalized spacial score (nSPS) is 17.2. The molecule has 2 aliphatic rings. The van der Waals surface area contributed by atoms with Gasteiger partial charge in [-0.15, -0.1) is 0 Å².